The van der Waals surface area contributed by atoms with E-state index in [1.54, 1.807) is 0 Å². The van der Waals surface area contributed by atoms with Crippen molar-refractivity contribution in [2.75, 3.05) is 17.9 Å². The predicted molar refractivity (Wildman–Crippen MR) is 64.6 cm³/mol. The van der Waals surface area contributed by atoms with E-state index in [1.807, 2.05) is 0 Å². The van der Waals surface area contributed by atoms with E-state index < -0.39 is 31.0 Å². The van der Waals surface area contributed by atoms with Crippen molar-refractivity contribution in [3.05, 3.63) is 0 Å². The summed E-state index contributed by atoms with van der Waals surface area (Å²) < 4.78 is 46.9. The summed E-state index contributed by atoms with van der Waals surface area (Å²) in [5.41, 5.74) is 0. The van der Waals surface area contributed by atoms with Gasteiger partial charge in [-0.2, -0.15) is 0 Å². The van der Waals surface area contributed by atoms with Crippen LogP contribution in [0, 0.1) is 5.92 Å². The van der Waals surface area contributed by atoms with Crippen LogP contribution in [0.5, 0.6) is 0 Å². The Hall–Kier alpha value is -0.180. The normalized spacial score (nSPS) is 26.9. The summed E-state index contributed by atoms with van der Waals surface area (Å²) in [6, 6.07) is 0. The van der Waals surface area contributed by atoms with Crippen molar-refractivity contribution in [2.45, 2.75) is 31.8 Å². The van der Waals surface area contributed by atoms with Gasteiger partial charge in [0.25, 0.3) is 0 Å². The van der Waals surface area contributed by atoms with Gasteiger partial charge in [0.2, 0.25) is 10.0 Å². The SMILES string of the molecule is CS(=O)(=O)CS(=O)(=O)NCC1CCCCC1O. The lowest BCUT2D eigenvalue weighted by molar-refractivity contribution is 0.0725. The van der Waals surface area contributed by atoms with E-state index in [2.05, 4.69) is 4.72 Å². The van der Waals surface area contributed by atoms with Crippen LogP contribution in [0.2, 0.25) is 0 Å². The maximum atomic E-state index is 11.4. The van der Waals surface area contributed by atoms with Crippen LogP contribution in [0.3, 0.4) is 0 Å². The fourth-order valence-electron chi connectivity index (χ4n) is 1.98. The molecule has 2 unspecified atom stereocenters. The first-order chi connectivity index (χ1) is 7.70. The topological polar surface area (TPSA) is 101 Å². The zero-order chi connectivity index (χ0) is 13.1. The lowest BCUT2D eigenvalue weighted by Crippen LogP contribution is -2.38. The molecule has 0 aromatic heterocycles. The standard InChI is InChI=1S/C9H19NO5S2/c1-16(12,13)7-17(14,15)10-6-8-4-2-3-5-9(8)11/h8-11H,2-7H2,1H3. The summed E-state index contributed by atoms with van der Waals surface area (Å²) in [6.07, 6.45) is 3.75. The number of hydrogen-bond donors (Lipinski definition) is 2. The molecule has 1 aliphatic carbocycles. The number of sulfone groups is 1. The molecule has 1 aliphatic rings. The number of aliphatic hydroxyl groups excluding tert-OH is 1. The van der Waals surface area contributed by atoms with Gasteiger partial charge in [-0.15, -0.1) is 0 Å². The smallest absolute Gasteiger partial charge is 0.226 e. The summed E-state index contributed by atoms with van der Waals surface area (Å²) in [5, 5.41) is 8.75. The highest BCUT2D eigenvalue weighted by molar-refractivity contribution is 8.06. The number of sulfonamides is 1. The van der Waals surface area contributed by atoms with Gasteiger partial charge in [0.05, 0.1) is 6.10 Å². The maximum absolute atomic E-state index is 11.4. The third-order valence-corrected chi connectivity index (χ3v) is 6.36. The molecule has 0 heterocycles. The predicted octanol–water partition coefficient (Wildman–Crippen LogP) is -0.541. The fraction of sp³-hybridized carbons (Fsp3) is 1.00. The molecule has 17 heavy (non-hydrogen) atoms. The number of rotatable bonds is 5. The Morgan fingerprint density at radius 1 is 1.18 bits per heavy atom. The Kier molecular flexibility index (Phi) is 4.94. The van der Waals surface area contributed by atoms with Crippen molar-refractivity contribution in [1.29, 1.82) is 0 Å². The first-order valence-corrected chi connectivity index (χ1v) is 9.24. The van der Waals surface area contributed by atoms with Crippen molar-refractivity contribution in [1.82, 2.24) is 4.72 Å². The largest absolute Gasteiger partial charge is 0.393 e. The molecule has 0 radical (unpaired) electrons. The molecule has 2 N–H and O–H groups in total. The Morgan fingerprint density at radius 2 is 1.76 bits per heavy atom. The van der Waals surface area contributed by atoms with Gasteiger partial charge in [-0.3, -0.25) is 0 Å². The van der Waals surface area contributed by atoms with Crippen LogP contribution in [-0.2, 0) is 19.9 Å². The molecule has 0 bridgehead atoms. The Balaban J connectivity index is 2.49. The van der Waals surface area contributed by atoms with E-state index in [1.165, 1.54) is 0 Å². The van der Waals surface area contributed by atoms with E-state index in [0.717, 1.165) is 25.5 Å². The van der Waals surface area contributed by atoms with Crippen LogP contribution >= 0.6 is 0 Å². The van der Waals surface area contributed by atoms with Gasteiger partial charge in [0.15, 0.2) is 14.9 Å². The molecule has 102 valence electrons. The van der Waals surface area contributed by atoms with Gasteiger partial charge in [-0.25, -0.2) is 21.6 Å². The fourth-order valence-corrected chi connectivity index (χ4v) is 5.04. The molecule has 0 spiro atoms. The molecule has 0 saturated heterocycles. The molecule has 0 aromatic rings. The minimum absolute atomic E-state index is 0.110. The monoisotopic (exact) mass is 285 g/mol. The molecule has 6 nitrogen and oxygen atoms in total. The van der Waals surface area contributed by atoms with Gasteiger partial charge in [0, 0.05) is 12.8 Å². The highest BCUT2D eigenvalue weighted by Crippen LogP contribution is 2.23. The summed E-state index contributed by atoms with van der Waals surface area (Å²) in [6.45, 7) is 0.110. The molecule has 0 amide bonds. The second-order valence-corrected chi connectivity index (χ2v) is 8.93. The van der Waals surface area contributed by atoms with Gasteiger partial charge < -0.3 is 5.11 Å². The Bertz CT molecular complexity index is 442. The van der Waals surface area contributed by atoms with Gasteiger partial charge >= 0.3 is 0 Å². The van der Waals surface area contributed by atoms with Crippen LogP contribution in [0.25, 0.3) is 0 Å². The number of hydrogen-bond acceptors (Lipinski definition) is 5. The van der Waals surface area contributed by atoms with Crippen LogP contribution in [-0.4, -0.2) is 45.9 Å². The van der Waals surface area contributed by atoms with Crippen LogP contribution < -0.4 is 4.72 Å². The van der Waals surface area contributed by atoms with E-state index in [4.69, 9.17) is 0 Å². The van der Waals surface area contributed by atoms with Crippen molar-refractivity contribution in [3.63, 3.8) is 0 Å². The molecule has 1 fully saturated rings. The van der Waals surface area contributed by atoms with E-state index in [9.17, 15) is 21.9 Å². The second-order valence-electron chi connectivity index (χ2n) is 4.62. The molecule has 2 atom stereocenters. The average molecular weight is 285 g/mol. The quantitative estimate of drug-likeness (QED) is 0.706. The third-order valence-electron chi connectivity index (χ3n) is 2.80. The van der Waals surface area contributed by atoms with Gasteiger partial charge in [0.1, 0.15) is 0 Å². The van der Waals surface area contributed by atoms with E-state index in [-0.39, 0.29) is 12.5 Å². The van der Waals surface area contributed by atoms with Crippen LogP contribution in [0.1, 0.15) is 25.7 Å². The summed E-state index contributed by atoms with van der Waals surface area (Å²) in [4.78, 5) is 0. The van der Waals surface area contributed by atoms with Crippen molar-refractivity contribution >= 4 is 19.9 Å². The van der Waals surface area contributed by atoms with Crippen molar-refractivity contribution < 1.29 is 21.9 Å². The lowest BCUT2D eigenvalue weighted by Gasteiger charge is -2.27. The highest BCUT2D eigenvalue weighted by Gasteiger charge is 2.25. The Morgan fingerprint density at radius 3 is 2.29 bits per heavy atom. The minimum atomic E-state index is -3.81. The number of aliphatic hydroxyl groups is 1. The second kappa shape index (κ2) is 5.64. The lowest BCUT2D eigenvalue weighted by atomic mass is 9.87. The highest BCUT2D eigenvalue weighted by atomic mass is 32.3. The molecule has 1 rings (SSSR count). The summed E-state index contributed by atoms with van der Waals surface area (Å²) >= 11 is 0. The first kappa shape index (κ1) is 14.9. The van der Waals surface area contributed by atoms with E-state index >= 15 is 0 Å². The van der Waals surface area contributed by atoms with Crippen LogP contribution in [0.15, 0.2) is 0 Å². The maximum Gasteiger partial charge on any atom is 0.226 e. The molecular weight excluding hydrogens is 266 g/mol. The minimum Gasteiger partial charge on any atom is -0.393 e. The average Bonchev–Trinajstić information content (AvgIpc) is 2.13. The van der Waals surface area contributed by atoms with Crippen molar-refractivity contribution in [3.8, 4) is 0 Å². The summed E-state index contributed by atoms with van der Waals surface area (Å²) in [5.74, 6) is -0.113. The molecule has 0 aromatic carbocycles. The Labute approximate surface area is 102 Å². The van der Waals surface area contributed by atoms with Gasteiger partial charge in [-0.1, -0.05) is 12.8 Å². The molecule has 1 saturated carbocycles. The number of nitrogens with one attached hydrogen (secondary N) is 1. The third kappa shape index (κ3) is 5.80. The zero-order valence-electron chi connectivity index (χ0n) is 9.79. The van der Waals surface area contributed by atoms with Crippen molar-refractivity contribution in [2.24, 2.45) is 5.92 Å². The van der Waals surface area contributed by atoms with E-state index in [0.29, 0.717) is 6.42 Å². The molecular formula is C9H19NO5S2. The molecule has 0 aliphatic heterocycles. The zero-order valence-corrected chi connectivity index (χ0v) is 11.4. The first-order valence-electron chi connectivity index (χ1n) is 5.53. The summed E-state index contributed by atoms with van der Waals surface area (Å²) in [7, 11) is -7.37. The molecule has 8 heteroatoms. The van der Waals surface area contributed by atoms with Crippen LogP contribution in [0.4, 0.5) is 0 Å². The van der Waals surface area contributed by atoms with Gasteiger partial charge in [-0.05, 0) is 18.8 Å².